The smallest absolute Gasteiger partial charge is 0.253 e. The number of benzene rings is 1. The Morgan fingerprint density at radius 3 is 3.12 bits per heavy atom. The number of nitrogens with zero attached hydrogens (tertiary/aromatic N) is 3. The quantitative estimate of drug-likeness (QED) is 0.750. The average Bonchev–Trinajstić information content (AvgIpc) is 3.23. The first kappa shape index (κ1) is 15.1. The van der Waals surface area contributed by atoms with Crippen molar-refractivity contribution in [2.45, 2.75) is 25.7 Å². The molecule has 24 heavy (non-hydrogen) atoms. The number of likely N-dealkylation sites (tertiary alicyclic amines) is 1. The number of hydrogen-bond donors (Lipinski definition) is 2. The van der Waals surface area contributed by atoms with Gasteiger partial charge in [0, 0.05) is 36.5 Å². The summed E-state index contributed by atoms with van der Waals surface area (Å²) in [4.78, 5) is 19.2. The topological polar surface area (TPSA) is 87.9 Å². The van der Waals surface area contributed by atoms with Gasteiger partial charge < -0.3 is 10.6 Å². The zero-order valence-electron chi connectivity index (χ0n) is 13.5. The van der Waals surface area contributed by atoms with Gasteiger partial charge in [0.1, 0.15) is 0 Å². The lowest BCUT2D eigenvalue weighted by Crippen LogP contribution is -2.39. The van der Waals surface area contributed by atoms with Gasteiger partial charge in [-0.05, 0) is 43.5 Å². The first-order chi connectivity index (χ1) is 11.6. The number of fused-ring (bicyclic) bond motifs is 1. The number of carbonyl (C=O) groups excluding carboxylic acids is 1. The molecule has 0 spiro atoms. The summed E-state index contributed by atoms with van der Waals surface area (Å²) >= 11 is 1.43. The molecule has 7 heteroatoms. The number of thiazole rings is 1. The van der Waals surface area contributed by atoms with Crippen molar-refractivity contribution in [3.05, 3.63) is 41.2 Å². The van der Waals surface area contributed by atoms with Crippen LogP contribution in [-0.4, -0.2) is 39.1 Å². The molecule has 6 nitrogen and oxygen atoms in total. The van der Waals surface area contributed by atoms with E-state index in [-0.39, 0.29) is 5.91 Å². The summed E-state index contributed by atoms with van der Waals surface area (Å²) in [5.74, 6) is 0.408. The van der Waals surface area contributed by atoms with Crippen LogP contribution in [0.25, 0.3) is 10.2 Å². The minimum absolute atomic E-state index is 0.0798. The summed E-state index contributed by atoms with van der Waals surface area (Å²) in [7, 11) is 0. The van der Waals surface area contributed by atoms with Crippen molar-refractivity contribution in [2.75, 3.05) is 18.8 Å². The standard InChI is InChI=1S/C17H19N5OS/c1-10-7-12(8-14-15(10)20-17(18)24-14)16(23)22-6-2-3-11(9-22)13-4-5-19-21-13/h4-5,7-8,11H,2-3,6,9H2,1H3,(H2,18,20)(H,19,21). The molecule has 4 rings (SSSR count). The van der Waals surface area contributed by atoms with E-state index in [9.17, 15) is 4.79 Å². The van der Waals surface area contributed by atoms with Crippen molar-refractivity contribution >= 4 is 32.6 Å². The lowest BCUT2D eigenvalue weighted by Gasteiger charge is -2.32. The maximum absolute atomic E-state index is 13.0. The third-order valence-electron chi connectivity index (χ3n) is 4.62. The van der Waals surface area contributed by atoms with E-state index in [0.29, 0.717) is 16.6 Å². The summed E-state index contributed by atoms with van der Waals surface area (Å²) in [6.07, 6.45) is 3.85. The minimum atomic E-state index is 0.0798. The number of amides is 1. The molecule has 1 unspecified atom stereocenters. The highest BCUT2D eigenvalue weighted by atomic mass is 32.1. The Hall–Kier alpha value is -2.41. The summed E-state index contributed by atoms with van der Waals surface area (Å²) in [5.41, 5.74) is 9.51. The molecule has 1 aliphatic rings. The van der Waals surface area contributed by atoms with Gasteiger partial charge in [-0.25, -0.2) is 4.98 Å². The SMILES string of the molecule is Cc1cc(C(=O)N2CCCC(c3ccn[nH]3)C2)cc2sc(N)nc12. The van der Waals surface area contributed by atoms with E-state index in [0.717, 1.165) is 47.4 Å². The second kappa shape index (κ2) is 5.90. The molecule has 3 heterocycles. The first-order valence-corrected chi connectivity index (χ1v) is 8.88. The number of aromatic nitrogens is 3. The predicted molar refractivity (Wildman–Crippen MR) is 95.2 cm³/mol. The Morgan fingerprint density at radius 1 is 1.46 bits per heavy atom. The van der Waals surface area contributed by atoms with Gasteiger partial charge in [0.05, 0.1) is 10.2 Å². The van der Waals surface area contributed by atoms with Crippen molar-refractivity contribution < 1.29 is 4.79 Å². The molecule has 0 aliphatic carbocycles. The number of aryl methyl sites for hydroxylation is 1. The third kappa shape index (κ3) is 2.65. The summed E-state index contributed by atoms with van der Waals surface area (Å²) in [6.45, 7) is 3.50. The van der Waals surface area contributed by atoms with E-state index in [2.05, 4.69) is 15.2 Å². The van der Waals surface area contributed by atoms with Gasteiger partial charge in [-0.15, -0.1) is 0 Å². The Morgan fingerprint density at radius 2 is 2.33 bits per heavy atom. The lowest BCUT2D eigenvalue weighted by molar-refractivity contribution is 0.0706. The largest absolute Gasteiger partial charge is 0.375 e. The van der Waals surface area contributed by atoms with Crippen molar-refractivity contribution in [2.24, 2.45) is 0 Å². The van der Waals surface area contributed by atoms with Crippen molar-refractivity contribution in [3.63, 3.8) is 0 Å². The molecule has 1 aromatic carbocycles. The van der Waals surface area contributed by atoms with E-state index >= 15 is 0 Å². The highest BCUT2D eigenvalue weighted by Crippen LogP contribution is 2.30. The number of nitrogen functional groups attached to an aromatic ring is 1. The minimum Gasteiger partial charge on any atom is -0.375 e. The molecule has 1 aliphatic heterocycles. The molecule has 0 bridgehead atoms. The summed E-state index contributed by atoms with van der Waals surface area (Å²) < 4.78 is 0.970. The van der Waals surface area contributed by atoms with Gasteiger partial charge in [-0.1, -0.05) is 11.3 Å². The number of H-pyrrole nitrogens is 1. The van der Waals surface area contributed by atoms with Gasteiger partial charge in [-0.3, -0.25) is 9.89 Å². The monoisotopic (exact) mass is 341 g/mol. The van der Waals surface area contributed by atoms with Crippen LogP contribution in [0.1, 0.15) is 40.4 Å². The van der Waals surface area contributed by atoms with Gasteiger partial charge in [0.15, 0.2) is 5.13 Å². The van der Waals surface area contributed by atoms with Crippen molar-refractivity contribution in [1.82, 2.24) is 20.1 Å². The molecular weight excluding hydrogens is 322 g/mol. The van der Waals surface area contributed by atoms with Gasteiger partial charge in [-0.2, -0.15) is 5.10 Å². The molecule has 1 amide bonds. The van der Waals surface area contributed by atoms with Crippen molar-refractivity contribution in [3.8, 4) is 0 Å². The molecule has 3 aromatic rings. The van der Waals surface area contributed by atoms with Gasteiger partial charge in [0.2, 0.25) is 0 Å². The molecule has 0 saturated carbocycles. The molecule has 1 fully saturated rings. The maximum Gasteiger partial charge on any atom is 0.253 e. The summed E-state index contributed by atoms with van der Waals surface area (Å²) in [5, 5.41) is 7.60. The Balaban J connectivity index is 1.61. The van der Waals surface area contributed by atoms with Crippen LogP contribution in [0.15, 0.2) is 24.4 Å². The predicted octanol–water partition coefficient (Wildman–Crippen LogP) is 2.93. The number of rotatable bonds is 2. The van der Waals surface area contributed by atoms with Gasteiger partial charge in [0.25, 0.3) is 5.91 Å². The Kier molecular flexibility index (Phi) is 3.72. The highest BCUT2D eigenvalue weighted by Gasteiger charge is 2.26. The molecular formula is C17H19N5OS. The number of anilines is 1. The van der Waals surface area contributed by atoms with Crippen LogP contribution >= 0.6 is 11.3 Å². The van der Waals surface area contributed by atoms with Crippen LogP contribution in [0.4, 0.5) is 5.13 Å². The maximum atomic E-state index is 13.0. The number of nitrogens with one attached hydrogen (secondary N) is 1. The van der Waals surface area contributed by atoms with Crippen molar-refractivity contribution in [1.29, 1.82) is 0 Å². The Labute approximate surface area is 143 Å². The summed E-state index contributed by atoms with van der Waals surface area (Å²) in [6, 6.07) is 5.83. The second-order valence-electron chi connectivity index (χ2n) is 6.29. The van der Waals surface area contributed by atoms with Gasteiger partial charge >= 0.3 is 0 Å². The van der Waals surface area contributed by atoms with E-state index in [4.69, 9.17) is 5.73 Å². The fourth-order valence-corrected chi connectivity index (χ4v) is 4.28. The normalized spacial score (nSPS) is 18.2. The molecule has 3 N–H and O–H groups in total. The van der Waals surface area contributed by atoms with Crippen LogP contribution in [0, 0.1) is 6.92 Å². The number of aromatic amines is 1. The van der Waals surface area contributed by atoms with Crippen LogP contribution in [0.2, 0.25) is 0 Å². The van der Waals surface area contributed by atoms with Crippen LogP contribution < -0.4 is 5.73 Å². The highest BCUT2D eigenvalue weighted by molar-refractivity contribution is 7.22. The Bertz CT molecular complexity index is 886. The number of nitrogens with two attached hydrogens (primary N) is 1. The number of piperidine rings is 1. The fraction of sp³-hybridized carbons (Fsp3) is 0.353. The van der Waals surface area contributed by atoms with E-state index in [1.165, 1.54) is 11.3 Å². The molecule has 1 atom stereocenters. The third-order valence-corrected chi connectivity index (χ3v) is 5.45. The van der Waals surface area contributed by atoms with E-state index in [1.54, 1.807) is 6.20 Å². The molecule has 124 valence electrons. The second-order valence-corrected chi connectivity index (χ2v) is 7.36. The number of carbonyl (C=O) groups is 1. The first-order valence-electron chi connectivity index (χ1n) is 8.07. The fourth-order valence-electron chi connectivity index (χ4n) is 3.43. The van der Waals surface area contributed by atoms with Crippen LogP contribution in [0.3, 0.4) is 0 Å². The van der Waals surface area contributed by atoms with Crippen LogP contribution in [-0.2, 0) is 0 Å². The van der Waals surface area contributed by atoms with Crippen LogP contribution in [0.5, 0.6) is 0 Å². The van der Waals surface area contributed by atoms with E-state index in [1.807, 2.05) is 30.0 Å². The molecule has 1 saturated heterocycles. The lowest BCUT2D eigenvalue weighted by atomic mass is 9.94. The van der Waals surface area contributed by atoms with E-state index < -0.39 is 0 Å². The molecule has 0 radical (unpaired) electrons. The zero-order valence-corrected chi connectivity index (χ0v) is 14.3. The average molecular weight is 341 g/mol. The number of hydrogen-bond acceptors (Lipinski definition) is 5. The molecule has 2 aromatic heterocycles. The zero-order chi connectivity index (χ0) is 16.7.